The number of carbonyl (C=O) groups excluding carboxylic acids is 1. The monoisotopic (exact) mass is 477 g/mol. The Bertz CT molecular complexity index is 1260. The maximum Gasteiger partial charge on any atom is 0.272 e. The second-order valence-corrected chi connectivity index (χ2v) is 7.54. The SMILES string of the molecule is CC.CC(=O)c1cc(C)ccc1F.CCc1cccnc1CC.Cc1n[nH]c(=O)c2ccccc12. The van der Waals surface area contributed by atoms with Gasteiger partial charge in [0.05, 0.1) is 16.6 Å². The number of nitrogens with zero attached hydrogens (tertiary/aromatic N) is 2. The first-order chi connectivity index (χ1) is 16.8. The number of pyridine rings is 1. The van der Waals surface area contributed by atoms with Crippen LogP contribution in [0.2, 0.25) is 0 Å². The molecule has 0 amide bonds. The molecule has 1 N–H and O–H groups in total. The van der Waals surface area contributed by atoms with Crippen LogP contribution in [-0.2, 0) is 12.8 Å². The van der Waals surface area contributed by atoms with Crippen molar-refractivity contribution in [3.05, 3.63) is 105 Å². The number of aryl methyl sites for hydroxylation is 4. The summed E-state index contributed by atoms with van der Waals surface area (Å²) in [5.74, 6) is -0.672. The molecule has 2 aromatic carbocycles. The molecular weight excluding hydrogens is 441 g/mol. The average molecular weight is 478 g/mol. The number of ketones is 1. The minimum Gasteiger partial charge on any atom is -0.294 e. The number of benzene rings is 2. The first kappa shape index (κ1) is 29.4. The van der Waals surface area contributed by atoms with Gasteiger partial charge in [-0.3, -0.25) is 14.6 Å². The topological polar surface area (TPSA) is 75.7 Å². The Labute approximate surface area is 207 Å². The first-order valence-corrected chi connectivity index (χ1v) is 11.9. The molecule has 0 aliphatic heterocycles. The predicted molar refractivity (Wildman–Crippen MR) is 143 cm³/mol. The Morgan fingerprint density at radius 1 is 0.943 bits per heavy atom. The van der Waals surface area contributed by atoms with Crippen LogP contribution in [0.4, 0.5) is 4.39 Å². The van der Waals surface area contributed by atoms with Gasteiger partial charge in [0.15, 0.2) is 5.78 Å². The summed E-state index contributed by atoms with van der Waals surface area (Å²) in [7, 11) is 0. The van der Waals surface area contributed by atoms with Gasteiger partial charge in [0.25, 0.3) is 5.56 Å². The fourth-order valence-electron chi connectivity index (χ4n) is 3.27. The van der Waals surface area contributed by atoms with E-state index in [0.717, 1.165) is 29.5 Å². The van der Waals surface area contributed by atoms with Crippen LogP contribution in [-0.4, -0.2) is 21.0 Å². The smallest absolute Gasteiger partial charge is 0.272 e. The Hall–Kier alpha value is -3.67. The molecule has 0 aliphatic rings. The van der Waals surface area contributed by atoms with Crippen molar-refractivity contribution >= 4 is 16.6 Å². The van der Waals surface area contributed by atoms with Crippen molar-refractivity contribution in [1.29, 1.82) is 0 Å². The quantitative estimate of drug-likeness (QED) is 0.329. The molecule has 5 nitrogen and oxygen atoms in total. The van der Waals surface area contributed by atoms with Crippen LogP contribution in [0.15, 0.2) is 65.6 Å². The minimum absolute atomic E-state index is 0.129. The molecule has 0 bridgehead atoms. The number of aromatic amines is 1. The second kappa shape index (κ2) is 15.3. The Kier molecular flexibility index (Phi) is 12.8. The molecule has 4 aromatic rings. The molecule has 6 heteroatoms. The van der Waals surface area contributed by atoms with Gasteiger partial charge >= 0.3 is 0 Å². The minimum atomic E-state index is -0.442. The number of rotatable bonds is 3. The number of fused-ring (bicyclic) bond motifs is 1. The summed E-state index contributed by atoms with van der Waals surface area (Å²) >= 11 is 0. The zero-order valence-electron chi connectivity index (χ0n) is 21.8. The van der Waals surface area contributed by atoms with E-state index in [1.165, 1.54) is 24.2 Å². The lowest BCUT2D eigenvalue weighted by Gasteiger charge is -2.01. The Balaban J connectivity index is 0.000000254. The van der Waals surface area contributed by atoms with E-state index in [1.54, 1.807) is 18.2 Å². The van der Waals surface area contributed by atoms with E-state index in [0.29, 0.717) is 5.39 Å². The van der Waals surface area contributed by atoms with Crippen LogP contribution >= 0.6 is 0 Å². The van der Waals surface area contributed by atoms with Crippen molar-refractivity contribution in [3.63, 3.8) is 0 Å². The number of halogens is 1. The lowest BCUT2D eigenvalue weighted by atomic mass is 10.1. The molecule has 0 unspecified atom stereocenters. The van der Waals surface area contributed by atoms with Gasteiger partial charge in [0.2, 0.25) is 0 Å². The molecular formula is C29H36FN3O2. The highest BCUT2D eigenvalue weighted by Crippen LogP contribution is 2.11. The summed E-state index contributed by atoms with van der Waals surface area (Å²) < 4.78 is 12.8. The molecule has 0 atom stereocenters. The number of aromatic nitrogens is 3. The summed E-state index contributed by atoms with van der Waals surface area (Å²) in [6.45, 7) is 13.4. The van der Waals surface area contributed by atoms with Crippen molar-refractivity contribution in [3.8, 4) is 0 Å². The van der Waals surface area contributed by atoms with Crippen LogP contribution in [0.5, 0.6) is 0 Å². The fourth-order valence-corrected chi connectivity index (χ4v) is 3.27. The van der Waals surface area contributed by atoms with Gasteiger partial charge in [0.1, 0.15) is 5.82 Å². The molecule has 4 rings (SSSR count). The van der Waals surface area contributed by atoms with Gasteiger partial charge in [-0.25, -0.2) is 9.49 Å². The molecule has 35 heavy (non-hydrogen) atoms. The fraction of sp³-hybridized carbons (Fsp3) is 0.310. The van der Waals surface area contributed by atoms with Crippen molar-refractivity contribution in [2.24, 2.45) is 0 Å². The van der Waals surface area contributed by atoms with Crippen molar-refractivity contribution in [2.45, 2.75) is 61.3 Å². The van der Waals surface area contributed by atoms with E-state index in [1.807, 2.05) is 58.2 Å². The van der Waals surface area contributed by atoms with E-state index in [9.17, 15) is 14.0 Å². The summed E-state index contributed by atoms with van der Waals surface area (Å²) in [6.07, 6.45) is 4.00. The van der Waals surface area contributed by atoms with Crippen molar-refractivity contribution in [1.82, 2.24) is 15.2 Å². The van der Waals surface area contributed by atoms with E-state index in [2.05, 4.69) is 35.1 Å². The molecule has 0 saturated heterocycles. The van der Waals surface area contributed by atoms with Gasteiger partial charge in [-0.1, -0.05) is 63.6 Å². The third-order valence-corrected chi connectivity index (χ3v) is 5.09. The lowest BCUT2D eigenvalue weighted by Crippen LogP contribution is -2.09. The summed E-state index contributed by atoms with van der Waals surface area (Å²) in [4.78, 5) is 26.3. The standard InChI is InChI=1S/C9H9FO.C9H8N2O.C9H13N.C2H6/c1-6-3-4-9(10)8(5-6)7(2)11;1-6-7-4-2-3-5-8(7)9(12)11-10-6;1-3-8-6-5-7-10-9(8)4-2;1-2/h3-5H,1-2H3;2-5H,1H3,(H,11,12);5-7H,3-4H2,1-2H3;1-2H3. The summed E-state index contributed by atoms with van der Waals surface area (Å²) in [5.41, 5.74) is 4.41. The molecule has 2 aromatic heterocycles. The largest absolute Gasteiger partial charge is 0.294 e. The molecule has 0 fully saturated rings. The van der Waals surface area contributed by atoms with E-state index < -0.39 is 5.82 Å². The molecule has 0 spiro atoms. The zero-order valence-corrected chi connectivity index (χ0v) is 21.8. The number of nitrogens with one attached hydrogen (secondary N) is 1. The summed E-state index contributed by atoms with van der Waals surface area (Å²) in [5, 5.41) is 7.92. The van der Waals surface area contributed by atoms with E-state index in [4.69, 9.17) is 0 Å². The van der Waals surface area contributed by atoms with Crippen LogP contribution in [0.25, 0.3) is 10.8 Å². The zero-order chi connectivity index (χ0) is 26.4. The summed E-state index contributed by atoms with van der Waals surface area (Å²) in [6, 6.07) is 16.1. The molecule has 0 aliphatic carbocycles. The van der Waals surface area contributed by atoms with Crippen LogP contribution < -0.4 is 5.56 Å². The highest BCUT2D eigenvalue weighted by Gasteiger charge is 2.05. The normalized spacial score (nSPS) is 9.60. The van der Waals surface area contributed by atoms with Crippen LogP contribution in [0.1, 0.15) is 67.5 Å². The number of hydrogen-bond donors (Lipinski definition) is 1. The van der Waals surface area contributed by atoms with Gasteiger partial charge < -0.3 is 0 Å². The van der Waals surface area contributed by atoms with Gasteiger partial charge in [0, 0.05) is 17.3 Å². The third-order valence-electron chi connectivity index (χ3n) is 5.09. The maximum atomic E-state index is 12.8. The molecule has 2 heterocycles. The van der Waals surface area contributed by atoms with Crippen molar-refractivity contribution < 1.29 is 9.18 Å². The maximum absolute atomic E-state index is 12.8. The highest BCUT2D eigenvalue weighted by molar-refractivity contribution is 5.94. The average Bonchev–Trinajstić information content (AvgIpc) is 2.89. The van der Waals surface area contributed by atoms with Gasteiger partial charge in [-0.2, -0.15) is 5.10 Å². The van der Waals surface area contributed by atoms with E-state index >= 15 is 0 Å². The second-order valence-electron chi connectivity index (χ2n) is 7.54. The van der Waals surface area contributed by atoms with Crippen molar-refractivity contribution in [2.75, 3.05) is 0 Å². The lowest BCUT2D eigenvalue weighted by molar-refractivity contribution is 0.101. The van der Waals surface area contributed by atoms with Crippen LogP contribution in [0, 0.1) is 19.7 Å². The van der Waals surface area contributed by atoms with Gasteiger partial charge in [-0.05, 0) is 63.4 Å². The van der Waals surface area contributed by atoms with E-state index in [-0.39, 0.29) is 16.9 Å². The van der Waals surface area contributed by atoms with Gasteiger partial charge in [-0.15, -0.1) is 0 Å². The molecule has 0 radical (unpaired) electrons. The molecule has 0 saturated carbocycles. The highest BCUT2D eigenvalue weighted by atomic mass is 19.1. The number of H-pyrrole nitrogens is 1. The predicted octanol–water partition coefficient (Wildman–Crippen LogP) is 6.80. The molecule has 186 valence electrons. The van der Waals surface area contributed by atoms with Crippen LogP contribution in [0.3, 0.4) is 0 Å². The first-order valence-electron chi connectivity index (χ1n) is 11.9. The number of carbonyl (C=O) groups is 1. The number of Topliss-reactive ketones (excluding diaryl/α,β-unsaturated/α-hetero) is 1. The number of hydrogen-bond acceptors (Lipinski definition) is 4. The Morgan fingerprint density at radius 2 is 1.60 bits per heavy atom. The third kappa shape index (κ3) is 8.89. The Morgan fingerprint density at radius 3 is 2.11 bits per heavy atom.